The maximum absolute atomic E-state index is 6.13. The molecule has 21 heavy (non-hydrogen) atoms. The molecular formula is C17H23N3O. The van der Waals surface area contributed by atoms with Gasteiger partial charge in [0.1, 0.15) is 6.10 Å². The summed E-state index contributed by atoms with van der Waals surface area (Å²) in [6, 6.07) is 20.6. The summed E-state index contributed by atoms with van der Waals surface area (Å²) >= 11 is 0. The van der Waals surface area contributed by atoms with Crippen molar-refractivity contribution in [2.75, 3.05) is 27.2 Å². The molecule has 2 rings (SSSR count). The Balaban J connectivity index is 2.07. The van der Waals surface area contributed by atoms with Gasteiger partial charge in [-0.05, 0) is 11.1 Å². The predicted molar refractivity (Wildman–Crippen MR) is 85.5 cm³/mol. The lowest BCUT2D eigenvalue weighted by atomic mass is 10.0. The molecular weight excluding hydrogens is 262 g/mol. The third-order valence-corrected chi connectivity index (χ3v) is 3.34. The molecule has 0 aliphatic rings. The van der Waals surface area contributed by atoms with E-state index in [0.717, 1.165) is 6.54 Å². The van der Waals surface area contributed by atoms with Gasteiger partial charge in [0.25, 0.3) is 0 Å². The van der Waals surface area contributed by atoms with Crippen molar-refractivity contribution in [3.63, 3.8) is 0 Å². The molecule has 0 amide bonds. The fraction of sp³-hybridized carbons (Fsp3) is 0.294. The summed E-state index contributed by atoms with van der Waals surface area (Å²) in [5.74, 6) is 0. The highest BCUT2D eigenvalue weighted by atomic mass is 16.5. The van der Waals surface area contributed by atoms with Crippen molar-refractivity contribution in [2.45, 2.75) is 6.10 Å². The maximum Gasteiger partial charge on any atom is 0.108 e. The van der Waals surface area contributed by atoms with Crippen LogP contribution < -0.4 is 10.9 Å². The Morgan fingerprint density at radius 3 is 1.76 bits per heavy atom. The summed E-state index contributed by atoms with van der Waals surface area (Å²) in [5, 5.41) is 1.88. The number of rotatable bonds is 8. The Morgan fingerprint density at radius 1 is 0.857 bits per heavy atom. The van der Waals surface area contributed by atoms with Crippen LogP contribution in [0.15, 0.2) is 60.7 Å². The number of hydrogen-bond acceptors (Lipinski definition) is 4. The molecule has 4 heteroatoms. The van der Waals surface area contributed by atoms with Crippen molar-refractivity contribution in [3.8, 4) is 0 Å². The minimum atomic E-state index is -0.0389. The van der Waals surface area contributed by atoms with Gasteiger partial charge in [-0.2, -0.15) is 5.12 Å². The lowest BCUT2D eigenvalue weighted by Gasteiger charge is -2.23. The molecule has 112 valence electrons. The van der Waals surface area contributed by atoms with Crippen LogP contribution in [0.2, 0.25) is 0 Å². The second kappa shape index (κ2) is 8.54. The summed E-state index contributed by atoms with van der Waals surface area (Å²) in [4.78, 5) is 0. The molecule has 0 aliphatic heterocycles. The summed E-state index contributed by atoms with van der Waals surface area (Å²) < 4.78 is 6.13. The van der Waals surface area contributed by atoms with Crippen molar-refractivity contribution < 1.29 is 4.74 Å². The number of ether oxygens (including phenoxy) is 1. The van der Waals surface area contributed by atoms with E-state index >= 15 is 0 Å². The minimum absolute atomic E-state index is 0.0389. The quantitative estimate of drug-likeness (QED) is 0.730. The normalized spacial score (nSPS) is 11.2. The van der Waals surface area contributed by atoms with E-state index in [9.17, 15) is 0 Å². The van der Waals surface area contributed by atoms with Crippen LogP contribution in [0.1, 0.15) is 17.2 Å². The van der Waals surface area contributed by atoms with Crippen LogP contribution in [0.4, 0.5) is 0 Å². The van der Waals surface area contributed by atoms with Gasteiger partial charge in [-0.15, -0.1) is 0 Å². The van der Waals surface area contributed by atoms with Gasteiger partial charge in [-0.3, -0.25) is 0 Å². The standard InChI is InChI=1S/C17H23N3O/c1-18-20(19-2)13-14-21-17(15-9-5-3-6-10-15)16-11-7-4-8-12-16/h3-12,17-19H,13-14H2,1-2H3. The van der Waals surface area contributed by atoms with Crippen molar-refractivity contribution >= 4 is 0 Å². The second-order valence-corrected chi connectivity index (χ2v) is 4.67. The monoisotopic (exact) mass is 285 g/mol. The highest BCUT2D eigenvalue weighted by Gasteiger charge is 2.14. The second-order valence-electron chi connectivity index (χ2n) is 4.67. The Labute approximate surface area is 126 Å². The van der Waals surface area contributed by atoms with Gasteiger partial charge in [0.15, 0.2) is 0 Å². The maximum atomic E-state index is 6.13. The van der Waals surface area contributed by atoms with Crippen LogP contribution in [0.5, 0.6) is 0 Å². The number of nitrogens with zero attached hydrogens (tertiary/aromatic N) is 1. The first kappa shape index (κ1) is 15.7. The molecule has 0 aromatic heterocycles. The van der Waals surface area contributed by atoms with E-state index in [0.29, 0.717) is 6.61 Å². The van der Waals surface area contributed by atoms with E-state index in [1.54, 1.807) is 0 Å². The Hall–Kier alpha value is -1.72. The fourth-order valence-corrected chi connectivity index (χ4v) is 2.24. The SMILES string of the molecule is CNN(CCOC(c1ccccc1)c1ccccc1)NC. The first-order valence-corrected chi connectivity index (χ1v) is 7.19. The molecule has 0 spiro atoms. The third kappa shape index (κ3) is 4.65. The van der Waals surface area contributed by atoms with Crippen molar-refractivity contribution in [2.24, 2.45) is 0 Å². The molecule has 0 unspecified atom stereocenters. The Kier molecular flexibility index (Phi) is 6.37. The first-order chi connectivity index (χ1) is 10.3. The average molecular weight is 285 g/mol. The van der Waals surface area contributed by atoms with E-state index in [-0.39, 0.29) is 6.10 Å². The molecule has 0 aliphatic carbocycles. The lowest BCUT2D eigenvalue weighted by Crippen LogP contribution is -2.46. The number of hydrogen-bond donors (Lipinski definition) is 2. The molecule has 0 bridgehead atoms. The molecule has 0 atom stereocenters. The minimum Gasteiger partial charge on any atom is -0.367 e. The summed E-state index contributed by atoms with van der Waals surface area (Å²) in [7, 11) is 3.75. The van der Waals surface area contributed by atoms with E-state index in [1.165, 1.54) is 11.1 Å². The smallest absolute Gasteiger partial charge is 0.108 e. The Morgan fingerprint density at radius 2 is 1.33 bits per heavy atom. The van der Waals surface area contributed by atoms with Crippen LogP contribution in [-0.2, 0) is 4.74 Å². The topological polar surface area (TPSA) is 36.5 Å². The molecule has 0 radical (unpaired) electrons. The van der Waals surface area contributed by atoms with Gasteiger partial charge in [-0.1, -0.05) is 60.7 Å². The molecule has 0 saturated heterocycles. The van der Waals surface area contributed by atoms with E-state index < -0.39 is 0 Å². The van der Waals surface area contributed by atoms with E-state index in [1.807, 2.05) is 55.6 Å². The van der Waals surface area contributed by atoms with Gasteiger partial charge in [0.2, 0.25) is 0 Å². The zero-order valence-electron chi connectivity index (χ0n) is 12.6. The zero-order chi connectivity index (χ0) is 14.9. The number of benzene rings is 2. The van der Waals surface area contributed by atoms with Gasteiger partial charge in [0.05, 0.1) is 13.2 Å². The average Bonchev–Trinajstić information content (AvgIpc) is 2.57. The molecule has 2 aromatic carbocycles. The molecule has 0 heterocycles. The molecule has 0 fully saturated rings. The highest BCUT2D eigenvalue weighted by Crippen LogP contribution is 2.25. The van der Waals surface area contributed by atoms with Crippen LogP contribution >= 0.6 is 0 Å². The van der Waals surface area contributed by atoms with Crippen LogP contribution in [0, 0.1) is 0 Å². The zero-order valence-corrected chi connectivity index (χ0v) is 12.6. The van der Waals surface area contributed by atoms with Crippen molar-refractivity contribution in [3.05, 3.63) is 71.8 Å². The van der Waals surface area contributed by atoms with Gasteiger partial charge < -0.3 is 4.74 Å². The molecule has 4 nitrogen and oxygen atoms in total. The van der Waals surface area contributed by atoms with E-state index in [4.69, 9.17) is 4.74 Å². The molecule has 2 aromatic rings. The number of hydrazine groups is 2. The fourth-order valence-electron chi connectivity index (χ4n) is 2.24. The summed E-state index contributed by atoms with van der Waals surface area (Å²) in [6.45, 7) is 1.37. The van der Waals surface area contributed by atoms with Gasteiger partial charge >= 0.3 is 0 Å². The summed E-state index contributed by atoms with van der Waals surface area (Å²) in [6.07, 6.45) is -0.0389. The molecule has 0 saturated carbocycles. The van der Waals surface area contributed by atoms with E-state index in [2.05, 4.69) is 35.1 Å². The Bertz CT molecular complexity index is 460. The molecule has 2 N–H and O–H groups in total. The van der Waals surface area contributed by atoms with Gasteiger partial charge in [-0.25, -0.2) is 10.9 Å². The van der Waals surface area contributed by atoms with Crippen molar-refractivity contribution in [1.82, 2.24) is 16.0 Å². The third-order valence-electron chi connectivity index (χ3n) is 3.34. The summed E-state index contributed by atoms with van der Waals surface area (Å²) in [5.41, 5.74) is 8.44. The predicted octanol–water partition coefficient (Wildman–Crippen LogP) is 2.36. The van der Waals surface area contributed by atoms with Crippen LogP contribution in [0.3, 0.4) is 0 Å². The highest BCUT2D eigenvalue weighted by molar-refractivity contribution is 5.29. The largest absolute Gasteiger partial charge is 0.367 e. The number of nitrogens with one attached hydrogen (secondary N) is 2. The first-order valence-electron chi connectivity index (χ1n) is 7.19. The lowest BCUT2D eigenvalue weighted by molar-refractivity contribution is 0.0346. The van der Waals surface area contributed by atoms with Gasteiger partial charge in [0, 0.05) is 14.1 Å². The van der Waals surface area contributed by atoms with Crippen LogP contribution in [-0.4, -0.2) is 32.4 Å². The van der Waals surface area contributed by atoms with Crippen LogP contribution in [0.25, 0.3) is 0 Å². The van der Waals surface area contributed by atoms with Crippen molar-refractivity contribution in [1.29, 1.82) is 0 Å².